The first kappa shape index (κ1) is 41.2. The van der Waals surface area contributed by atoms with Gasteiger partial charge in [-0.15, -0.1) is 6.58 Å². The zero-order chi connectivity index (χ0) is 38.3. The second-order valence-electron chi connectivity index (χ2n) is 16.3. The summed E-state index contributed by atoms with van der Waals surface area (Å²) < 4.78 is 5.62. The van der Waals surface area contributed by atoms with Gasteiger partial charge in [-0.25, -0.2) is 9.59 Å². The second-order valence-corrected chi connectivity index (χ2v) is 16.3. The van der Waals surface area contributed by atoms with Gasteiger partial charge in [-0.2, -0.15) is 0 Å². The van der Waals surface area contributed by atoms with E-state index in [1.54, 1.807) is 20.8 Å². The molecule has 282 valence electrons. The predicted octanol–water partition coefficient (Wildman–Crippen LogP) is 3.85. The first-order valence-corrected chi connectivity index (χ1v) is 18.2. The number of carbonyl (C=O) groups excluding carboxylic acids is 6. The Bertz CT molecular complexity index is 1440. The summed E-state index contributed by atoms with van der Waals surface area (Å²) in [6.45, 7) is 20.6. The summed E-state index contributed by atoms with van der Waals surface area (Å²) in [7, 11) is 0. The molecule has 1 heterocycles. The molecule has 1 unspecified atom stereocenters. The Hall–Kier alpha value is -4.22. The smallest absolute Gasteiger partial charge is 0.329 e. The van der Waals surface area contributed by atoms with E-state index in [-0.39, 0.29) is 37.3 Å². The van der Waals surface area contributed by atoms with Crippen molar-refractivity contribution in [3.05, 3.63) is 48.0 Å². The third-order valence-corrected chi connectivity index (χ3v) is 9.59. The molecule has 1 aliphatic heterocycles. The highest BCUT2D eigenvalue weighted by molar-refractivity contribution is 6.38. The number of hydrogen-bond acceptors (Lipinski definition) is 7. The van der Waals surface area contributed by atoms with Crippen molar-refractivity contribution in [2.45, 2.75) is 124 Å². The van der Waals surface area contributed by atoms with Gasteiger partial charge in [0.2, 0.25) is 17.6 Å². The molecule has 5 amide bonds. The van der Waals surface area contributed by atoms with Crippen LogP contribution in [0.5, 0.6) is 0 Å². The van der Waals surface area contributed by atoms with Crippen LogP contribution in [-0.4, -0.2) is 83.3 Å². The normalized spacial score (nSPS) is 19.4. The van der Waals surface area contributed by atoms with Crippen LogP contribution in [0.2, 0.25) is 0 Å². The molecular formula is C39H59N5O7. The number of amides is 5. The van der Waals surface area contributed by atoms with Gasteiger partial charge in [-0.05, 0) is 80.8 Å². The Morgan fingerprint density at radius 2 is 1.55 bits per heavy atom. The molecule has 1 aliphatic carbocycles. The number of ether oxygens (including phenoxy) is 1. The van der Waals surface area contributed by atoms with Crippen LogP contribution in [0.1, 0.15) is 92.7 Å². The number of urea groups is 1. The second kappa shape index (κ2) is 17.3. The van der Waals surface area contributed by atoms with Gasteiger partial charge in [-0.3, -0.25) is 19.2 Å². The topological polar surface area (TPSA) is 163 Å². The number of ketones is 1. The van der Waals surface area contributed by atoms with E-state index in [1.165, 1.54) is 11.0 Å². The van der Waals surface area contributed by atoms with Gasteiger partial charge in [0.1, 0.15) is 23.7 Å². The van der Waals surface area contributed by atoms with Crippen LogP contribution in [0.4, 0.5) is 4.79 Å². The number of esters is 1. The monoisotopic (exact) mass is 709 g/mol. The zero-order valence-electron chi connectivity index (χ0n) is 31.9. The molecule has 0 aromatic heterocycles. The number of Topliss-reactive ketones (excluding diaryl/α,β-unsaturated/α-hetero) is 1. The predicted molar refractivity (Wildman–Crippen MR) is 195 cm³/mol. The Morgan fingerprint density at radius 3 is 2.06 bits per heavy atom. The van der Waals surface area contributed by atoms with Gasteiger partial charge < -0.3 is 30.9 Å². The first-order chi connectivity index (χ1) is 23.8. The van der Waals surface area contributed by atoms with Crippen molar-refractivity contribution in [1.82, 2.24) is 26.2 Å². The third-order valence-electron chi connectivity index (χ3n) is 9.59. The molecule has 0 saturated carbocycles. The number of benzene rings is 1. The highest BCUT2D eigenvalue weighted by atomic mass is 16.6. The van der Waals surface area contributed by atoms with Crippen LogP contribution in [0.3, 0.4) is 0 Å². The van der Waals surface area contributed by atoms with E-state index >= 15 is 0 Å². The Morgan fingerprint density at radius 1 is 0.941 bits per heavy atom. The lowest BCUT2D eigenvalue weighted by molar-refractivity contribution is -0.160. The minimum atomic E-state index is -1.06. The van der Waals surface area contributed by atoms with Crippen LogP contribution < -0.4 is 21.3 Å². The summed E-state index contributed by atoms with van der Waals surface area (Å²) >= 11 is 0. The number of likely N-dealkylation sites (tertiary alicyclic amines) is 1. The van der Waals surface area contributed by atoms with Crippen LogP contribution in [0, 0.1) is 23.2 Å². The number of hydrogen-bond donors (Lipinski definition) is 4. The summed E-state index contributed by atoms with van der Waals surface area (Å²) in [6, 6.07) is 3.16. The molecule has 3 rings (SSSR count). The van der Waals surface area contributed by atoms with E-state index < -0.39 is 70.7 Å². The Kier molecular flexibility index (Phi) is 14.0. The van der Waals surface area contributed by atoms with E-state index in [1.807, 2.05) is 65.8 Å². The van der Waals surface area contributed by atoms with Crippen molar-refractivity contribution >= 4 is 35.5 Å². The lowest BCUT2D eigenvalue weighted by atomic mass is 9.86. The molecule has 0 radical (unpaired) electrons. The van der Waals surface area contributed by atoms with Crippen LogP contribution in [0.15, 0.2) is 36.9 Å². The summed E-state index contributed by atoms with van der Waals surface area (Å²) in [5, 5.41) is 11.0. The van der Waals surface area contributed by atoms with Crippen LogP contribution in [-0.2, 0) is 41.6 Å². The third kappa shape index (κ3) is 11.1. The van der Waals surface area contributed by atoms with Gasteiger partial charge in [0.15, 0.2) is 0 Å². The van der Waals surface area contributed by atoms with Crippen molar-refractivity contribution in [1.29, 1.82) is 0 Å². The number of nitrogens with zero attached hydrogens (tertiary/aromatic N) is 1. The fourth-order valence-corrected chi connectivity index (χ4v) is 6.77. The molecule has 1 aromatic rings. The molecule has 1 aromatic carbocycles. The maximum Gasteiger partial charge on any atom is 0.329 e. The molecule has 0 bridgehead atoms. The van der Waals surface area contributed by atoms with Crippen LogP contribution in [0.25, 0.3) is 0 Å². The lowest BCUT2D eigenvalue weighted by Crippen LogP contribution is -2.61. The molecule has 5 atom stereocenters. The fourth-order valence-electron chi connectivity index (χ4n) is 6.77. The molecule has 0 spiro atoms. The lowest BCUT2D eigenvalue weighted by Gasteiger charge is -2.34. The molecule has 2 aliphatic rings. The average molecular weight is 710 g/mol. The van der Waals surface area contributed by atoms with Crippen molar-refractivity contribution < 1.29 is 33.5 Å². The SMILES string of the molecule is C=CCNC(=O)C(=O)C(CCC)NC(=O)[C@@H]1C[C@@H](C(C)C)CN1C(=O)[C@@H](NC(=O)N[C@H](C(=O)OC(C)(C)C)C(C)(C)C)C1Cc2ccccc2C1. The molecular weight excluding hydrogens is 650 g/mol. The standard InChI is InChI=1S/C39H59N5O7/c1-11-15-28(31(45)34(47)40-18-12-2)41-33(46)29-21-27(23(3)4)22-44(29)35(48)30(26-19-24-16-13-14-17-25(24)20-26)42-37(50)43-32(38(5,6)7)36(49)51-39(8,9)10/h12-14,16-17,23,26-30,32H,2,11,15,18-22H2,1,3-10H3,(H,40,47)(H,41,46)(H2,42,43,50)/t27-,28?,29+,30+,32-/m1/s1. The molecule has 1 fully saturated rings. The quantitative estimate of drug-likeness (QED) is 0.130. The van der Waals surface area contributed by atoms with Gasteiger partial charge >= 0.3 is 12.0 Å². The zero-order valence-corrected chi connectivity index (χ0v) is 31.9. The number of rotatable bonds is 14. The summed E-state index contributed by atoms with van der Waals surface area (Å²) in [5.74, 6) is -3.31. The maximum atomic E-state index is 14.7. The highest BCUT2D eigenvalue weighted by Crippen LogP contribution is 2.34. The van der Waals surface area contributed by atoms with Crippen molar-refractivity contribution in [2.75, 3.05) is 13.1 Å². The first-order valence-electron chi connectivity index (χ1n) is 18.2. The summed E-state index contributed by atoms with van der Waals surface area (Å²) in [6.07, 6.45) is 3.67. The molecule has 12 nitrogen and oxygen atoms in total. The van der Waals surface area contributed by atoms with E-state index in [0.717, 1.165) is 11.1 Å². The summed E-state index contributed by atoms with van der Waals surface area (Å²) in [4.78, 5) is 82.8. The van der Waals surface area contributed by atoms with E-state index in [0.29, 0.717) is 25.7 Å². The largest absolute Gasteiger partial charge is 0.458 e. The van der Waals surface area contributed by atoms with Gasteiger partial charge in [0.05, 0.1) is 6.04 Å². The minimum absolute atomic E-state index is 0.0198. The van der Waals surface area contributed by atoms with E-state index in [4.69, 9.17) is 4.74 Å². The van der Waals surface area contributed by atoms with Gasteiger partial charge in [0.25, 0.3) is 5.91 Å². The average Bonchev–Trinajstić information content (AvgIpc) is 3.68. The van der Waals surface area contributed by atoms with Crippen LogP contribution >= 0.6 is 0 Å². The van der Waals surface area contributed by atoms with Crippen molar-refractivity contribution in [2.24, 2.45) is 23.2 Å². The number of nitrogens with one attached hydrogen (secondary N) is 4. The minimum Gasteiger partial charge on any atom is -0.458 e. The van der Waals surface area contributed by atoms with Gasteiger partial charge in [-0.1, -0.05) is 78.3 Å². The van der Waals surface area contributed by atoms with Crippen molar-refractivity contribution in [3.63, 3.8) is 0 Å². The molecule has 12 heteroatoms. The Labute approximate surface area is 303 Å². The van der Waals surface area contributed by atoms with E-state index in [9.17, 15) is 28.8 Å². The van der Waals surface area contributed by atoms with E-state index in [2.05, 4.69) is 27.8 Å². The van der Waals surface area contributed by atoms with Crippen molar-refractivity contribution in [3.8, 4) is 0 Å². The highest BCUT2D eigenvalue weighted by Gasteiger charge is 2.46. The maximum absolute atomic E-state index is 14.7. The Balaban J connectivity index is 1.94. The summed E-state index contributed by atoms with van der Waals surface area (Å²) in [5.41, 5.74) is 0.673. The van der Waals surface area contributed by atoms with Gasteiger partial charge in [0, 0.05) is 13.1 Å². The molecule has 4 N–H and O–H groups in total. The number of fused-ring (bicyclic) bond motifs is 1. The fraction of sp³-hybridized carbons (Fsp3) is 0.641. The molecule has 51 heavy (non-hydrogen) atoms. The molecule has 1 saturated heterocycles. The number of carbonyl (C=O) groups is 6.